The molecule has 0 saturated carbocycles. The number of fused-ring (bicyclic) bond motifs is 1. The van der Waals surface area contributed by atoms with E-state index in [2.05, 4.69) is 15.6 Å². The SMILES string of the molecule is CCOc1cc(-c2nccc(-c3cccc(-c4ccc(CNC(=O)OC5CCN(C(C)=O)CC5)c(OC)n4)c3Cl)c2Cl)cn2nc(CNC3CCN(C(C)=O)CC3)nc12. The Labute approximate surface area is 352 Å². The van der Waals surface area contributed by atoms with E-state index in [0.29, 0.717) is 111 Å². The number of hydrogen-bond donors (Lipinski definition) is 2. The Bertz CT molecular complexity index is 2340. The van der Waals surface area contributed by atoms with E-state index < -0.39 is 6.09 Å². The van der Waals surface area contributed by atoms with Crippen LogP contribution in [0.25, 0.3) is 39.3 Å². The number of nitrogens with one attached hydrogen (secondary N) is 2. The topological polar surface area (TPSA) is 165 Å². The van der Waals surface area contributed by atoms with Crippen molar-refractivity contribution in [3.05, 3.63) is 76.3 Å². The van der Waals surface area contributed by atoms with Crippen LogP contribution in [0.15, 0.2) is 54.9 Å². The molecule has 2 saturated heterocycles. The van der Waals surface area contributed by atoms with Gasteiger partial charge in [0.25, 0.3) is 0 Å². The minimum absolute atomic E-state index is 0.0217. The summed E-state index contributed by atoms with van der Waals surface area (Å²) in [7, 11) is 1.51. The molecule has 5 aromatic rings. The van der Waals surface area contributed by atoms with Crippen LogP contribution in [-0.2, 0) is 27.4 Å². The molecule has 0 radical (unpaired) electrons. The number of halogens is 2. The summed E-state index contributed by atoms with van der Waals surface area (Å²) in [5.41, 5.74) is 4.98. The second kappa shape index (κ2) is 18.6. The van der Waals surface area contributed by atoms with Gasteiger partial charge in [-0.1, -0.05) is 41.4 Å². The lowest BCUT2D eigenvalue weighted by molar-refractivity contribution is -0.131. The largest absolute Gasteiger partial charge is 0.490 e. The Morgan fingerprint density at radius 1 is 0.864 bits per heavy atom. The number of piperidine rings is 2. The van der Waals surface area contributed by atoms with Gasteiger partial charge >= 0.3 is 6.09 Å². The molecule has 17 heteroatoms. The van der Waals surface area contributed by atoms with Crippen LogP contribution in [0, 0.1) is 0 Å². The summed E-state index contributed by atoms with van der Waals surface area (Å²) in [6.45, 7) is 8.67. The van der Waals surface area contributed by atoms with Gasteiger partial charge in [0.05, 0.1) is 48.2 Å². The van der Waals surface area contributed by atoms with Crippen LogP contribution >= 0.6 is 23.2 Å². The third kappa shape index (κ3) is 9.53. The zero-order valence-corrected chi connectivity index (χ0v) is 35.0. The molecule has 1 aromatic carbocycles. The number of methoxy groups -OCH3 is 1. The van der Waals surface area contributed by atoms with Crippen LogP contribution < -0.4 is 20.1 Å². The maximum absolute atomic E-state index is 12.6. The first-order chi connectivity index (χ1) is 28.5. The summed E-state index contributed by atoms with van der Waals surface area (Å²) in [5, 5.41) is 11.9. The van der Waals surface area contributed by atoms with Crippen molar-refractivity contribution in [2.24, 2.45) is 0 Å². The molecule has 2 aliphatic heterocycles. The van der Waals surface area contributed by atoms with Crippen LogP contribution in [-0.4, -0.2) is 104 Å². The number of alkyl carbamates (subject to hydrolysis) is 1. The van der Waals surface area contributed by atoms with E-state index in [1.165, 1.54) is 7.11 Å². The van der Waals surface area contributed by atoms with Crippen molar-refractivity contribution in [2.75, 3.05) is 39.9 Å². The highest BCUT2D eigenvalue weighted by Crippen LogP contribution is 2.42. The predicted molar refractivity (Wildman–Crippen MR) is 223 cm³/mol. The van der Waals surface area contributed by atoms with Gasteiger partial charge in [-0.3, -0.25) is 14.6 Å². The minimum atomic E-state index is -0.547. The molecule has 6 heterocycles. The summed E-state index contributed by atoms with van der Waals surface area (Å²) in [4.78, 5) is 53.8. The lowest BCUT2D eigenvalue weighted by Crippen LogP contribution is -2.44. The Morgan fingerprint density at radius 3 is 2.25 bits per heavy atom. The van der Waals surface area contributed by atoms with Crippen LogP contribution in [0.3, 0.4) is 0 Å². The van der Waals surface area contributed by atoms with Gasteiger partial charge in [0.2, 0.25) is 17.7 Å². The van der Waals surface area contributed by atoms with Gasteiger partial charge in [0, 0.05) is 99.1 Å². The van der Waals surface area contributed by atoms with Crippen molar-refractivity contribution in [2.45, 2.75) is 71.7 Å². The van der Waals surface area contributed by atoms with Crippen molar-refractivity contribution in [1.29, 1.82) is 0 Å². The highest BCUT2D eigenvalue weighted by atomic mass is 35.5. The molecule has 15 nitrogen and oxygen atoms in total. The van der Waals surface area contributed by atoms with Gasteiger partial charge in [0.15, 0.2) is 17.2 Å². The van der Waals surface area contributed by atoms with E-state index in [9.17, 15) is 14.4 Å². The number of carbonyl (C=O) groups excluding carboxylic acids is 3. The lowest BCUT2D eigenvalue weighted by Gasteiger charge is -2.31. The second-order valence-electron chi connectivity index (χ2n) is 14.5. The molecule has 0 atom stereocenters. The standard InChI is InChI=1S/C42H47Cl2N9O6/c1-5-58-35-21-28(24-53-40(35)49-36(50-53)23-46-29-12-17-51(18-13-29)25(2)54)39-38(44)32(11-16-45-39)31-7-6-8-33(37(31)43)34-10-9-27(41(48-34)57-4)22-47-42(56)59-30-14-19-52(20-15-30)26(3)55/h6-11,16,21,24,29-30,46H,5,12-15,17-20,22-23H2,1-4H3,(H,47,56). The molecular weight excluding hydrogens is 797 g/mol. The van der Waals surface area contributed by atoms with E-state index in [4.69, 9.17) is 52.5 Å². The fourth-order valence-corrected chi connectivity index (χ4v) is 8.12. The van der Waals surface area contributed by atoms with Crippen molar-refractivity contribution in [3.63, 3.8) is 0 Å². The summed E-state index contributed by atoms with van der Waals surface area (Å²) in [5.74, 6) is 1.61. The number of hydrogen-bond acceptors (Lipinski definition) is 11. The van der Waals surface area contributed by atoms with Crippen molar-refractivity contribution in [1.82, 2.24) is 45.0 Å². The van der Waals surface area contributed by atoms with Gasteiger partial charge in [0.1, 0.15) is 6.10 Å². The number of rotatable bonds is 12. The molecule has 59 heavy (non-hydrogen) atoms. The highest BCUT2D eigenvalue weighted by Gasteiger charge is 2.25. The third-order valence-corrected chi connectivity index (χ3v) is 11.5. The van der Waals surface area contributed by atoms with Crippen molar-refractivity contribution < 1.29 is 28.6 Å². The van der Waals surface area contributed by atoms with Gasteiger partial charge in [-0.15, -0.1) is 5.10 Å². The summed E-state index contributed by atoms with van der Waals surface area (Å²) < 4.78 is 18.9. The molecule has 3 amide bonds. The van der Waals surface area contributed by atoms with Gasteiger partial charge in [-0.05, 0) is 44.0 Å². The molecular formula is C42H47Cl2N9O6. The Morgan fingerprint density at radius 2 is 1.56 bits per heavy atom. The number of aromatic nitrogens is 5. The summed E-state index contributed by atoms with van der Waals surface area (Å²) in [6, 6.07) is 13.2. The predicted octanol–water partition coefficient (Wildman–Crippen LogP) is 6.57. The Balaban J connectivity index is 1.08. The first-order valence-electron chi connectivity index (χ1n) is 19.7. The summed E-state index contributed by atoms with van der Waals surface area (Å²) in [6.07, 6.45) is 5.64. The first-order valence-corrected chi connectivity index (χ1v) is 20.5. The quantitative estimate of drug-likeness (QED) is 0.140. The number of pyridine rings is 3. The maximum atomic E-state index is 12.6. The number of carbonyl (C=O) groups is 3. The van der Waals surface area contributed by atoms with Crippen LogP contribution in [0.2, 0.25) is 10.0 Å². The van der Waals surface area contributed by atoms with E-state index in [1.807, 2.05) is 60.5 Å². The molecule has 0 aliphatic carbocycles. The average molecular weight is 845 g/mol. The molecule has 0 unspecified atom stereocenters. The average Bonchev–Trinajstić information content (AvgIpc) is 3.66. The molecule has 2 fully saturated rings. The van der Waals surface area contributed by atoms with E-state index >= 15 is 0 Å². The number of amides is 3. The number of likely N-dealkylation sites (tertiary alicyclic amines) is 2. The van der Waals surface area contributed by atoms with Crippen LogP contribution in [0.4, 0.5) is 4.79 Å². The molecule has 2 aliphatic rings. The van der Waals surface area contributed by atoms with Crippen molar-refractivity contribution in [3.8, 4) is 45.3 Å². The number of nitrogens with zero attached hydrogens (tertiary/aromatic N) is 7. The molecule has 4 aromatic heterocycles. The number of benzene rings is 1. The normalized spacial score (nSPS) is 15.0. The Kier molecular flexibility index (Phi) is 13.1. The first kappa shape index (κ1) is 41.6. The zero-order valence-electron chi connectivity index (χ0n) is 33.5. The van der Waals surface area contributed by atoms with Crippen LogP contribution in [0.5, 0.6) is 11.6 Å². The van der Waals surface area contributed by atoms with E-state index in [-0.39, 0.29) is 30.5 Å². The highest BCUT2D eigenvalue weighted by molar-refractivity contribution is 6.39. The monoisotopic (exact) mass is 843 g/mol. The smallest absolute Gasteiger partial charge is 0.407 e. The van der Waals surface area contributed by atoms with Crippen LogP contribution in [0.1, 0.15) is 57.8 Å². The molecule has 0 bridgehead atoms. The van der Waals surface area contributed by atoms with Gasteiger partial charge < -0.3 is 34.6 Å². The Hall–Kier alpha value is -5.51. The van der Waals surface area contributed by atoms with Crippen molar-refractivity contribution >= 4 is 46.8 Å². The fourth-order valence-electron chi connectivity index (χ4n) is 7.47. The van der Waals surface area contributed by atoms with Gasteiger partial charge in [-0.2, -0.15) is 0 Å². The second-order valence-corrected chi connectivity index (χ2v) is 15.3. The lowest BCUT2D eigenvalue weighted by atomic mass is 10.00. The molecule has 0 spiro atoms. The summed E-state index contributed by atoms with van der Waals surface area (Å²) >= 11 is 14.3. The van der Waals surface area contributed by atoms with E-state index in [0.717, 1.165) is 25.9 Å². The number of ether oxygens (including phenoxy) is 3. The fraction of sp³-hybridized carbons (Fsp3) is 0.405. The minimum Gasteiger partial charge on any atom is -0.490 e. The third-order valence-electron chi connectivity index (χ3n) is 10.7. The molecule has 7 rings (SSSR count). The zero-order chi connectivity index (χ0) is 41.6. The van der Waals surface area contributed by atoms with Gasteiger partial charge in [-0.25, -0.2) is 19.3 Å². The molecule has 310 valence electrons. The van der Waals surface area contributed by atoms with E-state index in [1.54, 1.807) is 29.5 Å². The maximum Gasteiger partial charge on any atom is 0.407 e. The molecule has 2 N–H and O–H groups in total.